The van der Waals surface area contributed by atoms with E-state index in [1.165, 1.54) is 36.3 Å². The Morgan fingerprint density at radius 1 is 0.952 bits per heavy atom. The molecule has 118 valence electrons. The number of benzene rings is 1. The summed E-state index contributed by atoms with van der Waals surface area (Å²) in [5.74, 6) is 2.50. The van der Waals surface area contributed by atoms with Crippen LogP contribution >= 0.6 is 0 Å². The van der Waals surface area contributed by atoms with E-state index in [0.717, 1.165) is 17.5 Å². The largest absolute Gasteiger partial charge is 0.398 e. The number of hydrogen-bond acceptors (Lipinski definition) is 2. The Bertz CT molecular complexity index is 451. The lowest BCUT2D eigenvalue weighted by Crippen LogP contribution is -2.38. The molecule has 0 saturated carbocycles. The van der Waals surface area contributed by atoms with Crippen LogP contribution in [-0.2, 0) is 0 Å². The zero-order valence-corrected chi connectivity index (χ0v) is 14.6. The molecule has 0 amide bonds. The topological polar surface area (TPSA) is 29.3 Å². The lowest BCUT2D eigenvalue weighted by molar-refractivity contribution is 0.357. The van der Waals surface area contributed by atoms with Crippen molar-refractivity contribution in [1.29, 1.82) is 0 Å². The molecule has 1 aromatic carbocycles. The highest BCUT2D eigenvalue weighted by Gasteiger charge is 2.24. The van der Waals surface area contributed by atoms with Crippen molar-refractivity contribution < 1.29 is 0 Å². The van der Waals surface area contributed by atoms with Crippen LogP contribution in [0.25, 0.3) is 0 Å². The number of nitrogens with zero attached hydrogens (tertiary/aromatic N) is 1. The molecule has 1 aliphatic heterocycles. The van der Waals surface area contributed by atoms with Crippen LogP contribution < -0.4 is 10.6 Å². The molecule has 1 aliphatic rings. The van der Waals surface area contributed by atoms with Crippen LogP contribution in [0.15, 0.2) is 12.1 Å². The van der Waals surface area contributed by atoms with Crippen molar-refractivity contribution in [3.05, 3.63) is 23.3 Å². The number of anilines is 2. The van der Waals surface area contributed by atoms with E-state index in [1.54, 1.807) is 0 Å². The predicted molar refractivity (Wildman–Crippen MR) is 94.2 cm³/mol. The fourth-order valence-electron chi connectivity index (χ4n) is 3.69. The number of nitrogen functional groups attached to an aromatic ring is 1. The summed E-state index contributed by atoms with van der Waals surface area (Å²) in [7, 11) is 0. The molecule has 2 atom stereocenters. The Morgan fingerprint density at radius 3 is 1.76 bits per heavy atom. The number of nitrogens with two attached hydrogens (primary N) is 1. The standard InChI is InChI=1S/C19H32N2/c1-12(2)17-8-16(9-18(13(3)4)19(17)20)21-10-14(5)7-15(6)11-21/h8-9,12-15H,7,10-11,20H2,1-6H3. The van der Waals surface area contributed by atoms with E-state index >= 15 is 0 Å². The van der Waals surface area contributed by atoms with Gasteiger partial charge in [0, 0.05) is 24.5 Å². The van der Waals surface area contributed by atoms with E-state index < -0.39 is 0 Å². The molecule has 1 aromatic rings. The van der Waals surface area contributed by atoms with Crippen molar-refractivity contribution in [1.82, 2.24) is 0 Å². The van der Waals surface area contributed by atoms with Crippen molar-refractivity contribution in [2.24, 2.45) is 11.8 Å². The van der Waals surface area contributed by atoms with E-state index in [2.05, 4.69) is 58.6 Å². The van der Waals surface area contributed by atoms with Gasteiger partial charge in [-0.15, -0.1) is 0 Å². The van der Waals surface area contributed by atoms with E-state index in [-0.39, 0.29) is 0 Å². The minimum absolute atomic E-state index is 0.474. The Labute approximate surface area is 130 Å². The molecule has 2 unspecified atom stereocenters. The highest BCUT2D eigenvalue weighted by molar-refractivity contribution is 5.65. The first-order chi connectivity index (χ1) is 9.79. The number of piperidine rings is 1. The van der Waals surface area contributed by atoms with Crippen molar-refractivity contribution in [3.63, 3.8) is 0 Å². The molecule has 2 nitrogen and oxygen atoms in total. The Morgan fingerprint density at radius 2 is 1.38 bits per heavy atom. The van der Waals surface area contributed by atoms with E-state index in [9.17, 15) is 0 Å². The number of rotatable bonds is 3. The number of hydrogen-bond donors (Lipinski definition) is 1. The first-order valence-corrected chi connectivity index (χ1v) is 8.47. The van der Waals surface area contributed by atoms with Crippen molar-refractivity contribution >= 4 is 11.4 Å². The van der Waals surface area contributed by atoms with Crippen LogP contribution in [0.3, 0.4) is 0 Å². The fraction of sp³-hybridized carbons (Fsp3) is 0.684. The third kappa shape index (κ3) is 3.53. The van der Waals surface area contributed by atoms with Crippen molar-refractivity contribution in [3.8, 4) is 0 Å². The summed E-state index contributed by atoms with van der Waals surface area (Å²) in [4.78, 5) is 2.57. The molecule has 1 heterocycles. The fourth-order valence-corrected chi connectivity index (χ4v) is 3.69. The molecule has 1 saturated heterocycles. The van der Waals surface area contributed by atoms with Crippen LogP contribution in [0.2, 0.25) is 0 Å². The molecule has 0 bridgehead atoms. The summed E-state index contributed by atoms with van der Waals surface area (Å²) in [6.45, 7) is 16.0. The van der Waals surface area contributed by atoms with Gasteiger partial charge >= 0.3 is 0 Å². The van der Waals surface area contributed by atoms with Crippen LogP contribution in [0.5, 0.6) is 0 Å². The Hall–Kier alpha value is -1.18. The molecule has 2 heteroatoms. The van der Waals surface area contributed by atoms with Crippen molar-refractivity contribution in [2.45, 2.75) is 59.8 Å². The molecule has 0 radical (unpaired) electrons. The van der Waals surface area contributed by atoms with E-state index in [4.69, 9.17) is 5.73 Å². The quantitative estimate of drug-likeness (QED) is 0.793. The summed E-state index contributed by atoms with van der Waals surface area (Å²) in [6, 6.07) is 4.66. The molecule has 0 aromatic heterocycles. The first kappa shape index (κ1) is 16.2. The second kappa shape index (κ2) is 6.29. The van der Waals surface area contributed by atoms with Crippen LogP contribution in [-0.4, -0.2) is 13.1 Å². The van der Waals surface area contributed by atoms with Crippen molar-refractivity contribution in [2.75, 3.05) is 23.7 Å². The van der Waals surface area contributed by atoms with Crippen LogP contribution in [0.4, 0.5) is 11.4 Å². The minimum atomic E-state index is 0.474. The maximum atomic E-state index is 6.42. The highest BCUT2D eigenvalue weighted by atomic mass is 15.1. The van der Waals surface area contributed by atoms with Gasteiger partial charge in [-0.2, -0.15) is 0 Å². The van der Waals surface area contributed by atoms with Gasteiger partial charge in [-0.25, -0.2) is 0 Å². The molecular weight excluding hydrogens is 256 g/mol. The van der Waals surface area contributed by atoms with Crippen LogP contribution in [0.1, 0.15) is 70.9 Å². The highest BCUT2D eigenvalue weighted by Crippen LogP contribution is 2.36. The SMILES string of the molecule is CC1CC(C)CN(c2cc(C(C)C)c(N)c(C(C)C)c2)C1. The van der Waals surface area contributed by atoms with Gasteiger partial charge in [0.25, 0.3) is 0 Å². The van der Waals surface area contributed by atoms with Crippen LogP contribution in [0, 0.1) is 11.8 Å². The van der Waals surface area contributed by atoms with Gasteiger partial charge in [0.1, 0.15) is 0 Å². The van der Waals surface area contributed by atoms with Gasteiger partial charge < -0.3 is 10.6 Å². The Kier molecular flexibility index (Phi) is 4.85. The third-order valence-corrected chi connectivity index (χ3v) is 4.71. The van der Waals surface area contributed by atoms with Gasteiger partial charge in [0.15, 0.2) is 0 Å². The molecular formula is C19H32N2. The maximum Gasteiger partial charge on any atom is 0.0385 e. The maximum absolute atomic E-state index is 6.42. The lowest BCUT2D eigenvalue weighted by atomic mass is 9.89. The van der Waals surface area contributed by atoms with Gasteiger partial charge in [0.2, 0.25) is 0 Å². The predicted octanol–water partition coefficient (Wildman–Crippen LogP) is 5.00. The second-order valence-electron chi connectivity index (χ2n) is 7.70. The average Bonchev–Trinajstić information content (AvgIpc) is 2.36. The molecule has 1 fully saturated rings. The van der Waals surface area contributed by atoms with E-state index in [1.807, 2.05) is 0 Å². The van der Waals surface area contributed by atoms with Gasteiger partial charge in [0.05, 0.1) is 0 Å². The third-order valence-electron chi connectivity index (χ3n) is 4.71. The summed E-state index contributed by atoms with van der Waals surface area (Å²) in [5, 5.41) is 0. The van der Waals surface area contributed by atoms with Gasteiger partial charge in [-0.3, -0.25) is 0 Å². The second-order valence-corrected chi connectivity index (χ2v) is 7.70. The van der Waals surface area contributed by atoms with Gasteiger partial charge in [-0.1, -0.05) is 41.5 Å². The minimum Gasteiger partial charge on any atom is -0.398 e. The summed E-state index contributed by atoms with van der Waals surface area (Å²) < 4.78 is 0. The molecule has 2 rings (SSSR count). The molecule has 2 N–H and O–H groups in total. The van der Waals surface area contributed by atoms with Gasteiger partial charge in [-0.05, 0) is 53.4 Å². The molecule has 0 aliphatic carbocycles. The molecule has 21 heavy (non-hydrogen) atoms. The smallest absolute Gasteiger partial charge is 0.0385 e. The summed E-state index contributed by atoms with van der Waals surface area (Å²) in [6.07, 6.45) is 1.35. The van der Waals surface area contributed by atoms with E-state index in [0.29, 0.717) is 11.8 Å². The normalized spacial score (nSPS) is 23.1. The first-order valence-electron chi connectivity index (χ1n) is 8.47. The summed E-state index contributed by atoms with van der Waals surface area (Å²) in [5.41, 5.74) is 11.4. The monoisotopic (exact) mass is 288 g/mol. The zero-order valence-electron chi connectivity index (χ0n) is 14.6. The molecule has 0 spiro atoms. The lowest BCUT2D eigenvalue weighted by Gasteiger charge is -2.37. The zero-order chi connectivity index (χ0) is 15.7. The Balaban J connectivity index is 2.43. The summed E-state index contributed by atoms with van der Waals surface area (Å²) >= 11 is 0. The average molecular weight is 288 g/mol.